The van der Waals surface area contributed by atoms with Crippen molar-refractivity contribution in [3.63, 3.8) is 0 Å². The van der Waals surface area contributed by atoms with Crippen molar-refractivity contribution in [3.8, 4) is 5.75 Å². The number of rotatable bonds is 9. The summed E-state index contributed by atoms with van der Waals surface area (Å²) >= 11 is 0. The van der Waals surface area contributed by atoms with Gasteiger partial charge < -0.3 is 24.4 Å². The Kier molecular flexibility index (Phi) is 8.34. The number of ketones is 1. The van der Waals surface area contributed by atoms with Crippen LogP contribution in [0.25, 0.3) is 5.76 Å². The molecule has 1 atom stereocenters. The standard InChI is InChI=1S/C31H33N3O5/c1-22-19-25(39-21-23-7-3-2-4-8-23)10-11-26(22)29(35)27-28(24-9-5-12-32-20-24)34(31(37)30(27)36)14-6-13-33-15-17-38-18-16-33/h2-5,7-12,19-20,28,35H,6,13-18,21H2,1H3. The van der Waals surface area contributed by atoms with Gasteiger partial charge in [0.2, 0.25) is 5.78 Å². The van der Waals surface area contributed by atoms with E-state index in [-0.39, 0.29) is 5.57 Å². The van der Waals surface area contributed by atoms with Gasteiger partial charge in [-0.25, -0.2) is 0 Å². The minimum absolute atomic E-state index is 0.0206. The van der Waals surface area contributed by atoms with Crippen molar-refractivity contribution in [2.75, 3.05) is 39.4 Å². The molecule has 0 aliphatic carbocycles. The van der Waals surface area contributed by atoms with Crippen molar-refractivity contribution in [3.05, 3.63) is 101 Å². The van der Waals surface area contributed by atoms with E-state index in [0.29, 0.717) is 35.6 Å². The van der Waals surface area contributed by atoms with Gasteiger partial charge in [0, 0.05) is 30.9 Å². The molecule has 0 bridgehead atoms. The number of pyridine rings is 1. The highest BCUT2D eigenvalue weighted by molar-refractivity contribution is 6.46. The Balaban J connectivity index is 1.40. The zero-order valence-electron chi connectivity index (χ0n) is 22.1. The fraction of sp³-hybridized carbons (Fsp3) is 0.323. The lowest BCUT2D eigenvalue weighted by atomic mass is 9.94. The van der Waals surface area contributed by atoms with Gasteiger partial charge in [0.05, 0.1) is 25.8 Å². The van der Waals surface area contributed by atoms with Crippen molar-refractivity contribution in [2.45, 2.75) is 26.0 Å². The zero-order valence-corrected chi connectivity index (χ0v) is 22.1. The van der Waals surface area contributed by atoms with E-state index in [2.05, 4.69) is 4.98 Å². The van der Waals surface area contributed by atoms with Crippen molar-refractivity contribution in [1.29, 1.82) is 0 Å². The molecule has 8 heteroatoms. The topological polar surface area (TPSA) is 96.2 Å². The van der Waals surface area contributed by atoms with Crippen LogP contribution in [0.15, 0.2) is 78.6 Å². The van der Waals surface area contributed by atoms with E-state index < -0.39 is 23.5 Å². The molecule has 1 unspecified atom stereocenters. The third kappa shape index (κ3) is 6.02. The highest BCUT2D eigenvalue weighted by atomic mass is 16.5. The highest BCUT2D eigenvalue weighted by Crippen LogP contribution is 2.39. The summed E-state index contributed by atoms with van der Waals surface area (Å²) in [6.07, 6.45) is 3.98. The van der Waals surface area contributed by atoms with E-state index in [0.717, 1.165) is 44.8 Å². The molecule has 0 spiro atoms. The third-order valence-electron chi connectivity index (χ3n) is 7.35. The van der Waals surface area contributed by atoms with Crippen LogP contribution in [0.5, 0.6) is 5.75 Å². The molecule has 8 nitrogen and oxygen atoms in total. The Hall–Kier alpha value is -4.01. The van der Waals surface area contributed by atoms with E-state index in [4.69, 9.17) is 9.47 Å². The molecule has 39 heavy (non-hydrogen) atoms. The van der Waals surface area contributed by atoms with Crippen molar-refractivity contribution in [2.24, 2.45) is 0 Å². The third-order valence-corrected chi connectivity index (χ3v) is 7.35. The zero-order chi connectivity index (χ0) is 27.2. The van der Waals surface area contributed by atoms with Crippen LogP contribution in [0.1, 0.15) is 34.7 Å². The van der Waals surface area contributed by atoms with Crippen LogP contribution in [0.2, 0.25) is 0 Å². The predicted octanol–water partition coefficient (Wildman–Crippen LogP) is 1.50. The summed E-state index contributed by atoms with van der Waals surface area (Å²) in [6.45, 7) is 6.80. The number of morpholine rings is 1. The van der Waals surface area contributed by atoms with E-state index >= 15 is 0 Å². The van der Waals surface area contributed by atoms with Gasteiger partial charge in [-0.05, 0) is 47.4 Å². The Bertz CT molecular complexity index is 1340. The van der Waals surface area contributed by atoms with Crippen molar-refractivity contribution < 1.29 is 29.1 Å². The van der Waals surface area contributed by atoms with Crippen LogP contribution < -0.4 is 14.7 Å². The van der Waals surface area contributed by atoms with Gasteiger partial charge in [-0.2, -0.15) is 0 Å². The second-order valence-electron chi connectivity index (χ2n) is 9.98. The maximum absolute atomic E-state index is 13.8. The number of aromatic nitrogens is 1. The molecule has 0 radical (unpaired) electrons. The number of quaternary nitrogens is 1. The minimum atomic E-state index is -0.765. The van der Waals surface area contributed by atoms with Gasteiger partial charge in [-0.1, -0.05) is 48.2 Å². The van der Waals surface area contributed by atoms with Crippen molar-refractivity contribution in [1.82, 2.24) is 9.88 Å². The number of benzene rings is 2. The van der Waals surface area contributed by atoms with Crippen LogP contribution in [-0.4, -0.2) is 61.0 Å². The summed E-state index contributed by atoms with van der Waals surface area (Å²) in [7, 11) is 0. The lowest BCUT2D eigenvalue weighted by molar-refractivity contribution is -0.908. The Morgan fingerprint density at radius 3 is 2.62 bits per heavy atom. The molecule has 2 aliphatic heterocycles. The summed E-state index contributed by atoms with van der Waals surface area (Å²) in [4.78, 5) is 33.7. The van der Waals surface area contributed by atoms with Crippen LogP contribution in [0.3, 0.4) is 0 Å². The molecular weight excluding hydrogens is 494 g/mol. The smallest absolute Gasteiger partial charge is 0.295 e. The number of hydrogen-bond donors (Lipinski definition) is 1. The number of Topliss-reactive ketones (excluding diaryl/α,β-unsaturated/α-hetero) is 1. The van der Waals surface area contributed by atoms with Gasteiger partial charge in [0.15, 0.2) is 0 Å². The fourth-order valence-electron chi connectivity index (χ4n) is 5.26. The molecule has 1 N–H and O–H groups in total. The van der Waals surface area contributed by atoms with Gasteiger partial charge in [-0.3, -0.25) is 14.6 Å². The molecule has 2 fully saturated rings. The molecule has 3 heterocycles. The number of nitrogens with zero attached hydrogens (tertiary/aromatic N) is 2. The molecule has 1 amide bonds. The largest absolute Gasteiger partial charge is 0.872 e. The quantitative estimate of drug-likeness (QED) is 0.257. The van der Waals surface area contributed by atoms with E-state index in [1.54, 1.807) is 41.6 Å². The Labute approximate surface area is 228 Å². The monoisotopic (exact) mass is 527 g/mol. The van der Waals surface area contributed by atoms with Crippen LogP contribution >= 0.6 is 0 Å². The Morgan fingerprint density at radius 2 is 1.90 bits per heavy atom. The first-order chi connectivity index (χ1) is 19.0. The van der Waals surface area contributed by atoms with Crippen molar-refractivity contribution >= 4 is 17.4 Å². The lowest BCUT2D eigenvalue weighted by Crippen LogP contribution is -3.14. The summed E-state index contributed by atoms with van der Waals surface area (Å²) in [5.41, 5.74) is 2.73. The second kappa shape index (κ2) is 12.2. The number of ether oxygens (including phenoxy) is 2. The SMILES string of the molecule is Cc1cc(OCc2ccccc2)ccc1C([O-])=C1C(=O)C(=O)N(CCC[NH+]2CCOCC2)C1c1cccnc1. The minimum Gasteiger partial charge on any atom is -0.872 e. The molecule has 1 aromatic heterocycles. The van der Waals surface area contributed by atoms with Gasteiger partial charge in [0.25, 0.3) is 5.91 Å². The normalized spacial score (nSPS) is 19.4. The lowest BCUT2D eigenvalue weighted by Gasteiger charge is -2.29. The number of carbonyl (C=O) groups is 2. The number of nitrogens with one attached hydrogen (secondary N) is 1. The van der Waals surface area contributed by atoms with Crippen LogP contribution in [-0.2, 0) is 20.9 Å². The Morgan fingerprint density at radius 1 is 1.10 bits per heavy atom. The molecule has 5 rings (SSSR count). The average molecular weight is 528 g/mol. The highest BCUT2D eigenvalue weighted by Gasteiger charge is 2.44. The molecule has 3 aromatic rings. The van der Waals surface area contributed by atoms with Gasteiger partial charge in [0.1, 0.15) is 25.4 Å². The maximum atomic E-state index is 13.8. The van der Waals surface area contributed by atoms with Gasteiger partial charge >= 0.3 is 0 Å². The molecule has 2 aliphatic rings. The summed E-state index contributed by atoms with van der Waals surface area (Å²) in [5.74, 6) is -1.18. The van der Waals surface area contributed by atoms with E-state index in [9.17, 15) is 14.7 Å². The molecule has 2 aromatic carbocycles. The number of amides is 1. The molecular formula is C31H33N3O5. The number of hydrogen-bond acceptors (Lipinski definition) is 6. The first-order valence-corrected chi connectivity index (χ1v) is 13.4. The molecule has 202 valence electrons. The van der Waals surface area contributed by atoms with Crippen LogP contribution in [0, 0.1) is 6.92 Å². The van der Waals surface area contributed by atoms with E-state index in [1.165, 1.54) is 4.90 Å². The first kappa shape index (κ1) is 26.6. The first-order valence-electron chi connectivity index (χ1n) is 13.4. The number of aryl methyl sites for hydroxylation is 1. The summed E-state index contributed by atoms with van der Waals surface area (Å²) in [6, 6.07) is 17.8. The fourth-order valence-corrected chi connectivity index (χ4v) is 5.26. The molecule has 0 saturated carbocycles. The second-order valence-corrected chi connectivity index (χ2v) is 9.98. The number of carbonyl (C=O) groups excluding carboxylic acids is 2. The maximum Gasteiger partial charge on any atom is 0.295 e. The van der Waals surface area contributed by atoms with Gasteiger partial charge in [-0.15, -0.1) is 0 Å². The van der Waals surface area contributed by atoms with E-state index in [1.807, 2.05) is 43.3 Å². The van der Waals surface area contributed by atoms with Crippen LogP contribution in [0.4, 0.5) is 0 Å². The molecule has 2 saturated heterocycles. The summed E-state index contributed by atoms with van der Waals surface area (Å²) in [5, 5.41) is 13.8. The average Bonchev–Trinajstić information content (AvgIpc) is 3.22. The summed E-state index contributed by atoms with van der Waals surface area (Å²) < 4.78 is 11.3. The number of likely N-dealkylation sites (tertiary alicyclic amines) is 1. The predicted molar refractivity (Wildman–Crippen MR) is 144 cm³/mol.